The lowest BCUT2D eigenvalue weighted by molar-refractivity contribution is -0.140. The van der Waals surface area contributed by atoms with Crippen molar-refractivity contribution in [1.29, 1.82) is 0 Å². The average molecular weight is 490 g/mol. The van der Waals surface area contributed by atoms with Gasteiger partial charge in [0.15, 0.2) is 0 Å². The molecule has 2 amide bonds. The predicted molar refractivity (Wildman–Crippen MR) is 134 cm³/mol. The van der Waals surface area contributed by atoms with E-state index in [4.69, 9.17) is 4.74 Å². The molecular weight excluding hydrogens is 454 g/mol. The van der Waals surface area contributed by atoms with Gasteiger partial charge >= 0.3 is 0 Å². The van der Waals surface area contributed by atoms with Crippen molar-refractivity contribution in [3.8, 4) is 5.75 Å². The van der Waals surface area contributed by atoms with E-state index in [-0.39, 0.29) is 31.3 Å². The van der Waals surface area contributed by atoms with Crippen molar-refractivity contribution in [3.05, 3.63) is 60.2 Å². The van der Waals surface area contributed by atoms with Crippen LogP contribution in [-0.2, 0) is 26.2 Å². The maximum Gasteiger partial charge on any atom is 0.242 e. The molecule has 0 heterocycles. The number of anilines is 1. The van der Waals surface area contributed by atoms with Crippen LogP contribution in [0.1, 0.15) is 38.7 Å². The van der Waals surface area contributed by atoms with E-state index >= 15 is 0 Å². The molecule has 0 saturated carbocycles. The lowest BCUT2D eigenvalue weighted by Gasteiger charge is -2.29. The molecule has 0 aliphatic carbocycles. The fourth-order valence-electron chi connectivity index (χ4n) is 3.54. The number of carbonyl (C=O) groups is 2. The Balaban J connectivity index is 2.15. The second-order valence-corrected chi connectivity index (χ2v) is 10.0. The fourth-order valence-corrected chi connectivity index (χ4v) is 4.51. The monoisotopic (exact) mass is 489 g/mol. The van der Waals surface area contributed by atoms with E-state index in [1.807, 2.05) is 37.3 Å². The number of nitrogens with one attached hydrogen (secondary N) is 1. The Morgan fingerprint density at radius 1 is 1.09 bits per heavy atom. The number of ether oxygens (including phenoxy) is 1. The number of nitrogens with zero attached hydrogens (tertiary/aromatic N) is 2. The number of amides is 2. The number of sulfonamides is 1. The van der Waals surface area contributed by atoms with E-state index < -0.39 is 16.1 Å². The summed E-state index contributed by atoms with van der Waals surface area (Å²) >= 11 is 0. The highest BCUT2D eigenvalue weighted by Crippen LogP contribution is 2.19. The standard InChI is InChI=1S/C25H35N3O5S/c1-5-16-26-25(30)20(2)27(19-21-11-9-14-23(18-21)33-3)24(29)15-10-17-28(34(4,31)32)22-12-7-6-8-13-22/h6-9,11-14,18,20H,5,10,15-17,19H2,1-4H3,(H,26,30). The van der Waals surface area contributed by atoms with Gasteiger partial charge in [0.25, 0.3) is 0 Å². The van der Waals surface area contributed by atoms with Crippen molar-refractivity contribution in [2.75, 3.05) is 30.8 Å². The number of methoxy groups -OCH3 is 1. The molecular formula is C25H35N3O5S. The number of carbonyl (C=O) groups excluding carboxylic acids is 2. The second-order valence-electron chi connectivity index (χ2n) is 8.11. The van der Waals surface area contributed by atoms with Gasteiger partial charge in [-0.25, -0.2) is 8.42 Å². The molecule has 0 saturated heterocycles. The second kappa shape index (κ2) is 13.0. The maximum atomic E-state index is 13.2. The van der Waals surface area contributed by atoms with Crippen LogP contribution in [0.2, 0.25) is 0 Å². The lowest BCUT2D eigenvalue weighted by Crippen LogP contribution is -2.47. The van der Waals surface area contributed by atoms with Crippen molar-refractivity contribution in [2.24, 2.45) is 0 Å². The van der Waals surface area contributed by atoms with E-state index in [2.05, 4.69) is 5.32 Å². The summed E-state index contributed by atoms with van der Waals surface area (Å²) in [5.41, 5.74) is 1.39. The molecule has 8 nitrogen and oxygen atoms in total. The molecule has 0 fully saturated rings. The third-order valence-electron chi connectivity index (χ3n) is 5.40. The molecule has 9 heteroatoms. The van der Waals surface area contributed by atoms with Gasteiger partial charge in [0, 0.05) is 26.1 Å². The number of hydrogen-bond donors (Lipinski definition) is 1. The van der Waals surface area contributed by atoms with Crippen LogP contribution < -0.4 is 14.4 Å². The molecule has 1 atom stereocenters. The van der Waals surface area contributed by atoms with Crippen LogP contribution >= 0.6 is 0 Å². The number of benzene rings is 2. The van der Waals surface area contributed by atoms with E-state index in [0.717, 1.165) is 18.2 Å². The molecule has 2 aromatic carbocycles. The van der Waals surface area contributed by atoms with Crippen LogP contribution in [-0.4, -0.2) is 57.6 Å². The van der Waals surface area contributed by atoms with Crippen LogP contribution in [0.5, 0.6) is 5.75 Å². The SMILES string of the molecule is CCCNC(=O)C(C)N(Cc1cccc(OC)c1)C(=O)CCCN(c1ccccc1)S(C)(=O)=O. The Hall–Kier alpha value is -3.07. The zero-order chi connectivity index (χ0) is 25.1. The molecule has 0 aliphatic heterocycles. The van der Waals surface area contributed by atoms with Crippen LogP contribution in [0.3, 0.4) is 0 Å². The highest BCUT2D eigenvalue weighted by molar-refractivity contribution is 7.92. The Morgan fingerprint density at radius 2 is 1.79 bits per heavy atom. The fraction of sp³-hybridized carbons (Fsp3) is 0.440. The molecule has 0 aliphatic rings. The summed E-state index contributed by atoms with van der Waals surface area (Å²) in [6, 6.07) is 15.5. The van der Waals surface area contributed by atoms with Crippen molar-refractivity contribution in [2.45, 2.75) is 45.7 Å². The van der Waals surface area contributed by atoms with Gasteiger partial charge in [-0.3, -0.25) is 13.9 Å². The minimum absolute atomic E-state index is 0.105. The Bertz CT molecular complexity index is 1040. The first kappa shape index (κ1) is 27.2. The smallest absolute Gasteiger partial charge is 0.242 e. The molecule has 0 spiro atoms. The van der Waals surface area contributed by atoms with Gasteiger partial charge < -0.3 is 15.0 Å². The lowest BCUT2D eigenvalue weighted by atomic mass is 10.1. The number of para-hydroxylation sites is 1. The third-order valence-corrected chi connectivity index (χ3v) is 6.59. The molecule has 1 unspecified atom stereocenters. The Kier molecular flexibility index (Phi) is 10.4. The van der Waals surface area contributed by atoms with Crippen molar-refractivity contribution in [1.82, 2.24) is 10.2 Å². The van der Waals surface area contributed by atoms with Gasteiger partial charge in [0.05, 0.1) is 19.1 Å². The summed E-state index contributed by atoms with van der Waals surface area (Å²) in [5, 5.41) is 2.85. The average Bonchev–Trinajstić information content (AvgIpc) is 2.83. The predicted octanol–water partition coefficient (Wildman–Crippen LogP) is 3.18. The summed E-state index contributed by atoms with van der Waals surface area (Å²) in [4.78, 5) is 27.4. The first-order chi connectivity index (χ1) is 16.2. The molecule has 1 N–H and O–H groups in total. The minimum atomic E-state index is -3.50. The quantitative estimate of drug-likeness (QED) is 0.466. The van der Waals surface area contributed by atoms with Crippen LogP contribution in [0.4, 0.5) is 5.69 Å². The van der Waals surface area contributed by atoms with Crippen molar-refractivity contribution >= 4 is 27.5 Å². The van der Waals surface area contributed by atoms with E-state index in [1.165, 1.54) is 9.21 Å². The normalized spacial score (nSPS) is 12.0. The van der Waals surface area contributed by atoms with E-state index in [0.29, 0.717) is 24.4 Å². The third kappa shape index (κ3) is 8.06. The van der Waals surface area contributed by atoms with Gasteiger partial charge in [-0.05, 0) is 49.6 Å². The Labute approximate surface area is 202 Å². The molecule has 0 bridgehead atoms. The number of hydrogen-bond acceptors (Lipinski definition) is 5. The van der Waals surface area contributed by atoms with Crippen molar-refractivity contribution in [3.63, 3.8) is 0 Å². The summed E-state index contributed by atoms with van der Waals surface area (Å²) in [7, 11) is -1.93. The minimum Gasteiger partial charge on any atom is -0.497 e. The number of rotatable bonds is 13. The van der Waals surface area contributed by atoms with E-state index in [9.17, 15) is 18.0 Å². The Morgan fingerprint density at radius 3 is 2.41 bits per heavy atom. The first-order valence-electron chi connectivity index (χ1n) is 11.4. The summed E-state index contributed by atoms with van der Waals surface area (Å²) in [5.74, 6) is 0.225. The highest BCUT2D eigenvalue weighted by Gasteiger charge is 2.26. The zero-order valence-corrected chi connectivity index (χ0v) is 21.2. The van der Waals surface area contributed by atoms with Gasteiger partial charge in [-0.15, -0.1) is 0 Å². The summed E-state index contributed by atoms with van der Waals surface area (Å²) in [6.07, 6.45) is 2.37. The van der Waals surface area contributed by atoms with Crippen molar-refractivity contribution < 1.29 is 22.7 Å². The van der Waals surface area contributed by atoms with Crippen LogP contribution in [0.25, 0.3) is 0 Å². The van der Waals surface area contributed by atoms with Gasteiger partial charge in [-0.2, -0.15) is 0 Å². The maximum absolute atomic E-state index is 13.2. The largest absolute Gasteiger partial charge is 0.497 e. The molecule has 0 radical (unpaired) electrons. The first-order valence-corrected chi connectivity index (χ1v) is 13.2. The summed E-state index contributed by atoms with van der Waals surface area (Å²) < 4.78 is 31.2. The van der Waals surface area contributed by atoms with Gasteiger partial charge in [0.2, 0.25) is 21.8 Å². The van der Waals surface area contributed by atoms with E-state index in [1.54, 1.807) is 38.3 Å². The van der Waals surface area contributed by atoms with Crippen LogP contribution in [0, 0.1) is 0 Å². The van der Waals surface area contributed by atoms with Gasteiger partial charge in [0.1, 0.15) is 11.8 Å². The molecule has 2 rings (SSSR count). The topological polar surface area (TPSA) is 96.0 Å². The zero-order valence-electron chi connectivity index (χ0n) is 20.4. The molecule has 186 valence electrons. The van der Waals surface area contributed by atoms with Gasteiger partial charge in [-0.1, -0.05) is 37.3 Å². The molecule has 0 aromatic heterocycles. The van der Waals surface area contributed by atoms with Crippen LogP contribution in [0.15, 0.2) is 54.6 Å². The molecule has 2 aromatic rings. The molecule has 34 heavy (non-hydrogen) atoms. The highest BCUT2D eigenvalue weighted by atomic mass is 32.2. The summed E-state index contributed by atoms with van der Waals surface area (Å²) in [6.45, 7) is 4.61.